The van der Waals surface area contributed by atoms with E-state index in [-0.39, 0.29) is 19.0 Å². The number of hydrogen-bond acceptors (Lipinski definition) is 6. The summed E-state index contributed by atoms with van der Waals surface area (Å²) in [5, 5.41) is 2.05. The molecule has 0 amide bonds. The topological polar surface area (TPSA) is 83.1 Å². The zero-order valence-electron chi connectivity index (χ0n) is 16.2. The highest BCUT2D eigenvalue weighted by Crippen LogP contribution is 2.47. The van der Waals surface area contributed by atoms with Crippen molar-refractivity contribution in [1.82, 2.24) is 5.09 Å². The molecule has 0 aliphatic carbocycles. The van der Waals surface area contributed by atoms with Gasteiger partial charge in [-0.2, -0.15) is 13.9 Å². The first-order valence-corrected chi connectivity index (χ1v) is 10.1. The highest BCUT2D eigenvalue weighted by Gasteiger charge is 2.38. The van der Waals surface area contributed by atoms with E-state index in [9.17, 15) is 31.3 Å². The van der Waals surface area contributed by atoms with Crippen LogP contribution in [-0.4, -0.2) is 32.3 Å². The van der Waals surface area contributed by atoms with Gasteiger partial charge in [-0.1, -0.05) is 18.2 Å². The average molecular weight is 469 g/mol. The highest BCUT2D eigenvalue weighted by atomic mass is 31.2. The van der Waals surface area contributed by atoms with Gasteiger partial charge in [0.2, 0.25) is 34.8 Å². The Hall–Kier alpha value is -2.69. The van der Waals surface area contributed by atoms with Gasteiger partial charge in [0, 0.05) is 7.11 Å². The van der Waals surface area contributed by atoms with Gasteiger partial charge in [-0.25, -0.2) is 17.7 Å². The molecule has 2 atom stereocenters. The fraction of sp³-hybridized carbons (Fsp3) is 0.278. The highest BCUT2D eigenvalue weighted by molar-refractivity contribution is 7.52. The predicted octanol–water partition coefficient (Wildman–Crippen LogP) is 4.12. The molecule has 7 nitrogen and oxygen atoms in total. The second-order valence-corrected chi connectivity index (χ2v) is 7.52. The van der Waals surface area contributed by atoms with Crippen LogP contribution < -0.4 is 14.1 Å². The number of rotatable bonds is 10. The monoisotopic (exact) mass is 469 g/mol. The molecular weight excluding hydrogens is 452 g/mol. The van der Waals surface area contributed by atoms with Crippen molar-refractivity contribution >= 4 is 13.7 Å². The number of nitrogens with one attached hydrogen (secondary N) is 1. The van der Waals surface area contributed by atoms with Crippen molar-refractivity contribution in [3.63, 3.8) is 0 Å². The number of ether oxygens (including phenoxy) is 2. The average Bonchev–Trinajstić information content (AvgIpc) is 2.74. The Morgan fingerprint density at radius 3 is 2.03 bits per heavy atom. The zero-order valence-corrected chi connectivity index (χ0v) is 17.1. The van der Waals surface area contributed by atoms with Gasteiger partial charge in [-0.15, -0.1) is 0 Å². The molecule has 0 bridgehead atoms. The molecule has 170 valence electrons. The van der Waals surface area contributed by atoms with E-state index >= 15 is 0 Å². The lowest BCUT2D eigenvalue weighted by atomic mass is 10.3. The van der Waals surface area contributed by atoms with Gasteiger partial charge in [0.25, 0.3) is 0 Å². The van der Waals surface area contributed by atoms with Gasteiger partial charge >= 0.3 is 13.7 Å². The molecule has 0 heterocycles. The molecule has 0 unspecified atom stereocenters. The van der Waals surface area contributed by atoms with E-state index in [1.807, 2.05) is 5.09 Å². The van der Waals surface area contributed by atoms with E-state index in [0.717, 1.165) is 6.92 Å². The first kappa shape index (κ1) is 24.6. The van der Waals surface area contributed by atoms with Gasteiger partial charge in [-0.05, 0) is 19.1 Å². The Balaban J connectivity index is 2.37. The van der Waals surface area contributed by atoms with Crippen molar-refractivity contribution in [2.75, 3.05) is 20.3 Å². The minimum absolute atomic E-state index is 0.0533. The van der Waals surface area contributed by atoms with Crippen LogP contribution in [0.2, 0.25) is 0 Å². The van der Waals surface area contributed by atoms with Gasteiger partial charge in [0.1, 0.15) is 18.4 Å². The number of benzene rings is 2. The van der Waals surface area contributed by atoms with E-state index in [4.69, 9.17) is 14.0 Å². The first-order valence-electron chi connectivity index (χ1n) is 8.58. The molecular formula is C18H17F5NO6P. The van der Waals surface area contributed by atoms with Crippen LogP contribution in [0.25, 0.3) is 0 Å². The number of hydrogen-bond donors (Lipinski definition) is 1. The molecule has 2 rings (SSSR count). The molecule has 2 aromatic rings. The number of carbonyl (C=O) groups is 1. The summed E-state index contributed by atoms with van der Waals surface area (Å²) < 4.78 is 101. The van der Waals surface area contributed by atoms with Crippen LogP contribution in [0.3, 0.4) is 0 Å². The second-order valence-electron chi connectivity index (χ2n) is 5.90. The summed E-state index contributed by atoms with van der Waals surface area (Å²) in [5.74, 6) is -14.8. The van der Waals surface area contributed by atoms with E-state index in [0.29, 0.717) is 0 Å². The van der Waals surface area contributed by atoms with Crippen LogP contribution >= 0.6 is 7.75 Å². The van der Waals surface area contributed by atoms with Crippen LogP contribution in [0.4, 0.5) is 22.0 Å². The molecule has 0 radical (unpaired) electrons. The van der Waals surface area contributed by atoms with Crippen molar-refractivity contribution < 1.29 is 49.8 Å². The third-order valence-corrected chi connectivity index (χ3v) is 5.16. The summed E-state index contributed by atoms with van der Waals surface area (Å²) in [7, 11) is -3.58. The third kappa shape index (κ3) is 6.16. The quantitative estimate of drug-likeness (QED) is 0.140. The lowest BCUT2D eigenvalue weighted by Crippen LogP contribution is -2.36. The third-order valence-electron chi connectivity index (χ3n) is 3.59. The van der Waals surface area contributed by atoms with Crippen molar-refractivity contribution in [3.05, 3.63) is 59.4 Å². The Kier molecular flexibility index (Phi) is 8.37. The van der Waals surface area contributed by atoms with E-state index in [2.05, 4.69) is 4.52 Å². The molecule has 0 aliphatic rings. The summed E-state index contributed by atoms with van der Waals surface area (Å²) in [6, 6.07) is 5.57. The molecule has 0 aromatic heterocycles. The normalized spacial score (nSPS) is 13.9. The van der Waals surface area contributed by atoms with Crippen molar-refractivity contribution in [2.24, 2.45) is 0 Å². The van der Waals surface area contributed by atoms with E-state index in [1.54, 1.807) is 6.07 Å². The molecule has 0 fully saturated rings. The van der Waals surface area contributed by atoms with Crippen LogP contribution in [0.15, 0.2) is 30.3 Å². The van der Waals surface area contributed by atoms with Crippen LogP contribution in [-0.2, 0) is 18.8 Å². The van der Waals surface area contributed by atoms with Crippen molar-refractivity contribution in [1.29, 1.82) is 0 Å². The lowest BCUT2D eigenvalue weighted by Gasteiger charge is -2.23. The van der Waals surface area contributed by atoms with E-state index < -0.39 is 54.6 Å². The molecule has 0 spiro atoms. The largest absolute Gasteiger partial charge is 0.513 e. The van der Waals surface area contributed by atoms with Gasteiger partial charge in [0.05, 0.1) is 6.61 Å². The Bertz CT molecular complexity index is 949. The number of esters is 1. The van der Waals surface area contributed by atoms with Crippen LogP contribution in [0.5, 0.6) is 11.5 Å². The van der Waals surface area contributed by atoms with E-state index in [1.165, 1.54) is 31.4 Å². The van der Waals surface area contributed by atoms with Gasteiger partial charge in [0.15, 0.2) is 0 Å². The fourth-order valence-electron chi connectivity index (χ4n) is 2.12. The van der Waals surface area contributed by atoms with Gasteiger partial charge in [-0.3, -0.25) is 4.79 Å². The first-order chi connectivity index (χ1) is 14.6. The van der Waals surface area contributed by atoms with Crippen molar-refractivity contribution in [2.45, 2.75) is 13.0 Å². The zero-order chi connectivity index (χ0) is 23.2. The van der Waals surface area contributed by atoms with Gasteiger partial charge < -0.3 is 18.5 Å². The minimum Gasteiger partial charge on any atom is -0.462 e. The molecule has 0 aliphatic heterocycles. The maximum Gasteiger partial charge on any atom is 0.513 e. The number of para-hydroxylation sites is 1. The summed E-state index contributed by atoms with van der Waals surface area (Å²) in [4.78, 5) is 12.0. The standard InChI is InChI=1S/C18H17F5NO6P/c1-10(18(25)28-9-8-27-2)24-31(26,29-11-6-4-3-5-7-11)30-17-15(22)13(20)12(19)14(21)16(17)23/h3-7,10H,8-9H2,1-2H3,(H,24,26)/t10-,31-/m0/s1. The molecule has 13 heteroatoms. The van der Waals surface area contributed by atoms with Crippen LogP contribution in [0, 0.1) is 29.1 Å². The van der Waals surface area contributed by atoms with Crippen molar-refractivity contribution in [3.8, 4) is 11.5 Å². The molecule has 2 aromatic carbocycles. The number of halogens is 5. The molecule has 0 saturated heterocycles. The minimum atomic E-state index is -4.94. The molecule has 1 N–H and O–H groups in total. The molecule has 31 heavy (non-hydrogen) atoms. The summed E-state index contributed by atoms with van der Waals surface area (Å²) >= 11 is 0. The summed E-state index contributed by atoms with van der Waals surface area (Å²) in [6.45, 7) is 1.04. The maximum absolute atomic E-state index is 14.0. The summed E-state index contributed by atoms with van der Waals surface area (Å²) in [6.07, 6.45) is 0. The second kappa shape index (κ2) is 10.6. The Labute approximate surface area is 173 Å². The summed E-state index contributed by atoms with van der Waals surface area (Å²) in [5.41, 5.74) is 0. The Morgan fingerprint density at radius 2 is 1.48 bits per heavy atom. The Morgan fingerprint density at radius 1 is 0.935 bits per heavy atom. The number of carbonyl (C=O) groups excluding carboxylic acids is 1. The fourth-order valence-corrected chi connectivity index (χ4v) is 3.64. The van der Waals surface area contributed by atoms with Crippen LogP contribution in [0.1, 0.15) is 6.92 Å². The number of methoxy groups -OCH3 is 1. The smallest absolute Gasteiger partial charge is 0.462 e. The lowest BCUT2D eigenvalue weighted by molar-refractivity contribution is -0.146. The predicted molar refractivity (Wildman–Crippen MR) is 97.0 cm³/mol. The molecule has 0 saturated carbocycles. The maximum atomic E-state index is 14.0. The SMILES string of the molecule is COCCOC(=O)[C@H](C)N[P@](=O)(Oc1ccccc1)Oc1c(F)c(F)c(F)c(F)c1F.